The molecule has 98 valence electrons. The van der Waals surface area contributed by atoms with Gasteiger partial charge in [-0.15, -0.1) is 0 Å². The maximum Gasteiger partial charge on any atom is 0.410 e. The van der Waals surface area contributed by atoms with Crippen LogP contribution in [0.3, 0.4) is 0 Å². The molecular weight excluding hydrogens is 218 g/mol. The Hall–Kier alpha value is -1.03. The molecule has 0 saturated carbocycles. The predicted octanol–water partition coefficient (Wildman–Crippen LogP) is 2.59. The smallest absolute Gasteiger partial charge is 0.410 e. The molecule has 1 fully saturated rings. The van der Waals surface area contributed by atoms with Crippen LogP contribution in [-0.4, -0.2) is 42.9 Å². The zero-order valence-electron chi connectivity index (χ0n) is 11.4. The lowest BCUT2D eigenvalue weighted by molar-refractivity contribution is 0.0150. The highest BCUT2D eigenvalue weighted by molar-refractivity contribution is 5.69. The van der Waals surface area contributed by atoms with Gasteiger partial charge in [0.25, 0.3) is 0 Å². The van der Waals surface area contributed by atoms with E-state index in [-0.39, 0.29) is 12.1 Å². The third-order valence-corrected chi connectivity index (χ3v) is 2.71. The van der Waals surface area contributed by atoms with Crippen LogP contribution in [0.15, 0.2) is 11.6 Å². The fraction of sp³-hybridized carbons (Fsp3) is 0.769. The Morgan fingerprint density at radius 2 is 2.18 bits per heavy atom. The SMILES string of the molecule is C/C=C1\C[C@@H](COC)N(C(=O)OC(C)(C)C)C1. The van der Waals surface area contributed by atoms with Crippen LogP contribution in [0.25, 0.3) is 0 Å². The largest absolute Gasteiger partial charge is 0.444 e. The third kappa shape index (κ3) is 4.04. The maximum atomic E-state index is 12.0. The first kappa shape index (κ1) is 14.0. The van der Waals surface area contributed by atoms with Crippen molar-refractivity contribution in [2.45, 2.75) is 45.8 Å². The second-order valence-electron chi connectivity index (χ2n) is 5.37. The molecule has 4 heteroatoms. The second kappa shape index (κ2) is 5.54. The summed E-state index contributed by atoms with van der Waals surface area (Å²) in [7, 11) is 1.65. The monoisotopic (exact) mass is 241 g/mol. The first-order valence-electron chi connectivity index (χ1n) is 6.00. The minimum Gasteiger partial charge on any atom is -0.444 e. The molecule has 4 nitrogen and oxygen atoms in total. The van der Waals surface area contributed by atoms with Crippen molar-refractivity contribution >= 4 is 6.09 Å². The van der Waals surface area contributed by atoms with Crippen LogP contribution >= 0.6 is 0 Å². The maximum absolute atomic E-state index is 12.0. The highest BCUT2D eigenvalue weighted by atomic mass is 16.6. The molecule has 1 aliphatic rings. The molecule has 0 unspecified atom stereocenters. The highest BCUT2D eigenvalue weighted by Crippen LogP contribution is 2.24. The van der Waals surface area contributed by atoms with E-state index >= 15 is 0 Å². The number of rotatable bonds is 2. The minimum atomic E-state index is -0.451. The Balaban J connectivity index is 2.70. The molecule has 0 aromatic rings. The number of carbonyl (C=O) groups excluding carboxylic acids is 1. The Labute approximate surface area is 104 Å². The van der Waals surface area contributed by atoms with Gasteiger partial charge >= 0.3 is 6.09 Å². The van der Waals surface area contributed by atoms with Crippen molar-refractivity contribution in [2.75, 3.05) is 20.3 Å². The molecule has 17 heavy (non-hydrogen) atoms. The number of carbonyl (C=O) groups is 1. The van der Waals surface area contributed by atoms with E-state index in [9.17, 15) is 4.79 Å². The highest BCUT2D eigenvalue weighted by Gasteiger charge is 2.34. The van der Waals surface area contributed by atoms with E-state index in [0.717, 1.165) is 6.42 Å². The molecule has 1 amide bonds. The summed E-state index contributed by atoms with van der Waals surface area (Å²) in [4.78, 5) is 13.8. The number of hydrogen-bond donors (Lipinski definition) is 0. The number of allylic oxidation sites excluding steroid dienone is 1. The summed E-state index contributed by atoms with van der Waals surface area (Å²) in [5.74, 6) is 0. The zero-order chi connectivity index (χ0) is 13.1. The summed E-state index contributed by atoms with van der Waals surface area (Å²) >= 11 is 0. The van der Waals surface area contributed by atoms with Crippen molar-refractivity contribution in [2.24, 2.45) is 0 Å². The van der Waals surface area contributed by atoms with E-state index in [2.05, 4.69) is 6.08 Å². The molecule has 0 aromatic heterocycles. The van der Waals surface area contributed by atoms with Gasteiger partial charge in [-0.2, -0.15) is 0 Å². The molecule has 0 spiro atoms. The lowest BCUT2D eigenvalue weighted by Gasteiger charge is -2.27. The summed E-state index contributed by atoms with van der Waals surface area (Å²) in [5.41, 5.74) is 0.811. The predicted molar refractivity (Wildman–Crippen MR) is 67.0 cm³/mol. The molecule has 1 atom stereocenters. The van der Waals surface area contributed by atoms with Gasteiger partial charge in [-0.05, 0) is 34.1 Å². The molecule has 1 aliphatic heterocycles. The van der Waals surface area contributed by atoms with E-state index in [4.69, 9.17) is 9.47 Å². The van der Waals surface area contributed by atoms with Gasteiger partial charge in [0, 0.05) is 13.7 Å². The van der Waals surface area contributed by atoms with E-state index in [0.29, 0.717) is 13.2 Å². The van der Waals surface area contributed by atoms with Gasteiger partial charge in [0.05, 0.1) is 12.6 Å². The Morgan fingerprint density at radius 3 is 2.65 bits per heavy atom. The average Bonchev–Trinajstić information content (AvgIpc) is 2.59. The van der Waals surface area contributed by atoms with Crippen LogP contribution in [0.1, 0.15) is 34.1 Å². The van der Waals surface area contributed by atoms with Crippen LogP contribution < -0.4 is 0 Å². The molecular formula is C13H23NO3. The van der Waals surface area contributed by atoms with Crippen LogP contribution in [-0.2, 0) is 9.47 Å². The molecule has 1 rings (SSSR count). The number of likely N-dealkylation sites (tertiary alicyclic amines) is 1. The van der Waals surface area contributed by atoms with E-state index < -0.39 is 5.60 Å². The number of ether oxygens (including phenoxy) is 2. The van der Waals surface area contributed by atoms with Crippen LogP contribution in [0.5, 0.6) is 0 Å². The Bertz CT molecular complexity index is 304. The van der Waals surface area contributed by atoms with Crippen molar-refractivity contribution in [3.05, 3.63) is 11.6 Å². The van der Waals surface area contributed by atoms with Gasteiger partial charge in [0.1, 0.15) is 5.60 Å². The quantitative estimate of drug-likeness (QED) is 0.697. The standard InChI is InChI=1S/C13H23NO3/c1-6-10-7-11(9-16-5)14(8-10)12(15)17-13(2,3)4/h6,11H,7-9H2,1-5H3/b10-6+/t11-/m0/s1. The van der Waals surface area contributed by atoms with Crippen LogP contribution in [0, 0.1) is 0 Å². The summed E-state index contributed by atoms with van der Waals surface area (Å²) in [6, 6.07) is 0.0982. The summed E-state index contributed by atoms with van der Waals surface area (Å²) < 4.78 is 10.5. The molecule has 0 aromatic carbocycles. The lowest BCUT2D eigenvalue weighted by atomic mass is 10.1. The normalized spacial score (nSPS) is 23.2. The Morgan fingerprint density at radius 1 is 1.53 bits per heavy atom. The van der Waals surface area contributed by atoms with Crippen molar-refractivity contribution in [3.8, 4) is 0 Å². The van der Waals surface area contributed by atoms with Crippen molar-refractivity contribution in [3.63, 3.8) is 0 Å². The number of amides is 1. The number of hydrogen-bond acceptors (Lipinski definition) is 3. The molecule has 1 saturated heterocycles. The lowest BCUT2D eigenvalue weighted by Crippen LogP contribution is -2.41. The summed E-state index contributed by atoms with van der Waals surface area (Å²) in [6.07, 6.45) is 2.69. The van der Waals surface area contributed by atoms with Gasteiger partial charge < -0.3 is 9.47 Å². The second-order valence-corrected chi connectivity index (χ2v) is 5.37. The van der Waals surface area contributed by atoms with Crippen molar-refractivity contribution < 1.29 is 14.3 Å². The average molecular weight is 241 g/mol. The molecule has 0 bridgehead atoms. The molecule has 0 radical (unpaired) electrons. The van der Waals surface area contributed by atoms with Crippen LogP contribution in [0.2, 0.25) is 0 Å². The van der Waals surface area contributed by atoms with E-state index in [1.807, 2.05) is 27.7 Å². The summed E-state index contributed by atoms with van der Waals surface area (Å²) in [5, 5.41) is 0. The fourth-order valence-corrected chi connectivity index (χ4v) is 1.91. The fourth-order valence-electron chi connectivity index (χ4n) is 1.91. The number of nitrogens with zero attached hydrogens (tertiary/aromatic N) is 1. The van der Waals surface area contributed by atoms with Crippen LogP contribution in [0.4, 0.5) is 4.79 Å². The van der Waals surface area contributed by atoms with Crippen molar-refractivity contribution in [1.29, 1.82) is 0 Å². The van der Waals surface area contributed by atoms with Crippen molar-refractivity contribution in [1.82, 2.24) is 4.90 Å². The topological polar surface area (TPSA) is 38.8 Å². The number of methoxy groups -OCH3 is 1. The van der Waals surface area contributed by atoms with Gasteiger partial charge in [-0.3, -0.25) is 4.90 Å². The minimum absolute atomic E-state index is 0.0982. The molecule has 0 aliphatic carbocycles. The first-order chi connectivity index (χ1) is 7.87. The van der Waals surface area contributed by atoms with Gasteiger partial charge in [0.2, 0.25) is 0 Å². The zero-order valence-corrected chi connectivity index (χ0v) is 11.4. The first-order valence-corrected chi connectivity index (χ1v) is 6.00. The summed E-state index contributed by atoms with van der Waals surface area (Å²) in [6.45, 7) is 8.84. The molecule has 1 heterocycles. The van der Waals surface area contributed by atoms with E-state index in [1.54, 1.807) is 12.0 Å². The van der Waals surface area contributed by atoms with Gasteiger partial charge in [-0.25, -0.2) is 4.79 Å². The van der Waals surface area contributed by atoms with Gasteiger partial charge in [0.15, 0.2) is 0 Å². The van der Waals surface area contributed by atoms with Gasteiger partial charge in [-0.1, -0.05) is 11.6 Å². The van der Waals surface area contributed by atoms with E-state index in [1.165, 1.54) is 5.57 Å². The molecule has 0 N–H and O–H groups in total. The Kier molecular flexibility index (Phi) is 4.57. The third-order valence-electron chi connectivity index (χ3n) is 2.71.